The zero-order chi connectivity index (χ0) is 13.7. The van der Waals surface area contributed by atoms with Gasteiger partial charge in [0, 0.05) is 12.5 Å². The summed E-state index contributed by atoms with van der Waals surface area (Å²) in [7, 11) is 2.19. The van der Waals surface area contributed by atoms with E-state index >= 15 is 0 Å². The van der Waals surface area contributed by atoms with Gasteiger partial charge in [-0.05, 0) is 70.6 Å². The molecular formula is C15H29N3O. The molecule has 0 aromatic rings. The van der Waals surface area contributed by atoms with Crippen LogP contribution in [-0.2, 0) is 4.79 Å². The summed E-state index contributed by atoms with van der Waals surface area (Å²) < 4.78 is 0. The van der Waals surface area contributed by atoms with Crippen LogP contribution in [-0.4, -0.2) is 44.0 Å². The summed E-state index contributed by atoms with van der Waals surface area (Å²) in [5, 5.41) is 3.14. The summed E-state index contributed by atoms with van der Waals surface area (Å²) >= 11 is 0. The summed E-state index contributed by atoms with van der Waals surface area (Å²) in [4.78, 5) is 14.5. The van der Waals surface area contributed by atoms with E-state index in [1.165, 1.54) is 25.9 Å². The van der Waals surface area contributed by atoms with Gasteiger partial charge in [-0.15, -0.1) is 0 Å². The largest absolute Gasteiger partial charge is 0.356 e. The number of carbonyl (C=O) groups is 1. The van der Waals surface area contributed by atoms with E-state index in [2.05, 4.69) is 17.3 Å². The summed E-state index contributed by atoms with van der Waals surface area (Å²) in [5.74, 6) is 1.65. The molecule has 2 rings (SSSR count). The molecule has 2 aliphatic rings. The molecule has 1 saturated carbocycles. The fourth-order valence-corrected chi connectivity index (χ4v) is 3.55. The van der Waals surface area contributed by atoms with Crippen molar-refractivity contribution >= 4 is 5.91 Å². The fraction of sp³-hybridized carbons (Fsp3) is 0.933. The van der Waals surface area contributed by atoms with Crippen molar-refractivity contribution in [1.82, 2.24) is 10.2 Å². The lowest BCUT2D eigenvalue weighted by Crippen LogP contribution is -2.37. The minimum absolute atomic E-state index is 0.183. The van der Waals surface area contributed by atoms with Crippen LogP contribution in [0.2, 0.25) is 0 Å². The molecule has 0 aromatic carbocycles. The van der Waals surface area contributed by atoms with Gasteiger partial charge in [0.05, 0.1) is 0 Å². The van der Waals surface area contributed by atoms with Crippen LogP contribution < -0.4 is 11.1 Å². The van der Waals surface area contributed by atoms with Gasteiger partial charge in [-0.3, -0.25) is 4.79 Å². The van der Waals surface area contributed by atoms with Gasteiger partial charge in [-0.2, -0.15) is 0 Å². The van der Waals surface area contributed by atoms with Gasteiger partial charge in [-0.1, -0.05) is 6.42 Å². The lowest BCUT2D eigenvalue weighted by molar-refractivity contribution is -0.126. The maximum absolute atomic E-state index is 12.1. The maximum atomic E-state index is 12.1. The number of carbonyl (C=O) groups excluding carboxylic acids is 1. The van der Waals surface area contributed by atoms with Crippen LogP contribution in [0, 0.1) is 17.8 Å². The molecule has 1 heterocycles. The van der Waals surface area contributed by atoms with Crippen molar-refractivity contribution in [3.63, 3.8) is 0 Å². The lowest BCUT2D eigenvalue weighted by atomic mass is 9.93. The second-order valence-corrected chi connectivity index (χ2v) is 6.36. The Morgan fingerprint density at radius 1 is 1.26 bits per heavy atom. The van der Waals surface area contributed by atoms with Crippen LogP contribution in [0.1, 0.15) is 38.5 Å². The van der Waals surface area contributed by atoms with Gasteiger partial charge in [-0.25, -0.2) is 0 Å². The molecule has 4 nitrogen and oxygen atoms in total. The third-order valence-electron chi connectivity index (χ3n) is 4.99. The first-order valence-corrected chi connectivity index (χ1v) is 7.87. The number of nitrogens with zero attached hydrogens (tertiary/aromatic N) is 1. The second kappa shape index (κ2) is 7.25. The number of nitrogens with one attached hydrogen (secondary N) is 1. The lowest BCUT2D eigenvalue weighted by Gasteiger charge is -2.29. The SMILES string of the molecule is CN1CCC(CCNC(=O)[C@@H]2CCC[C@@H]2CN)CC1. The van der Waals surface area contributed by atoms with E-state index in [9.17, 15) is 4.79 Å². The molecule has 0 bridgehead atoms. The summed E-state index contributed by atoms with van der Waals surface area (Å²) in [5.41, 5.74) is 5.74. The molecule has 2 atom stereocenters. The Morgan fingerprint density at radius 3 is 2.68 bits per heavy atom. The molecule has 110 valence electrons. The molecule has 2 fully saturated rings. The number of hydrogen-bond donors (Lipinski definition) is 2. The van der Waals surface area contributed by atoms with Crippen LogP contribution in [0.5, 0.6) is 0 Å². The van der Waals surface area contributed by atoms with E-state index in [0.717, 1.165) is 38.1 Å². The van der Waals surface area contributed by atoms with E-state index in [1.807, 2.05) is 0 Å². The molecule has 3 N–H and O–H groups in total. The van der Waals surface area contributed by atoms with E-state index in [4.69, 9.17) is 5.73 Å². The highest BCUT2D eigenvalue weighted by Gasteiger charge is 2.31. The van der Waals surface area contributed by atoms with Crippen LogP contribution in [0.3, 0.4) is 0 Å². The summed E-state index contributed by atoms with van der Waals surface area (Å²) in [6, 6.07) is 0. The third kappa shape index (κ3) is 4.18. The number of rotatable bonds is 5. The predicted octanol–water partition coefficient (Wildman–Crippen LogP) is 1.21. The standard InChI is InChI=1S/C15H29N3O/c1-18-9-6-12(7-10-18)5-8-17-15(19)14-4-2-3-13(14)11-16/h12-14H,2-11,16H2,1H3,(H,17,19)/t13-,14-/m1/s1. The van der Waals surface area contributed by atoms with Gasteiger partial charge in [0.25, 0.3) is 0 Å². The van der Waals surface area contributed by atoms with Crippen LogP contribution in [0.15, 0.2) is 0 Å². The Kier molecular flexibility index (Phi) is 5.64. The molecule has 0 spiro atoms. The zero-order valence-corrected chi connectivity index (χ0v) is 12.2. The number of amides is 1. The highest BCUT2D eigenvalue weighted by atomic mass is 16.1. The normalized spacial score (nSPS) is 29.6. The van der Waals surface area contributed by atoms with Gasteiger partial charge in [0.2, 0.25) is 5.91 Å². The molecule has 0 unspecified atom stereocenters. The minimum atomic E-state index is 0.183. The van der Waals surface area contributed by atoms with Gasteiger partial charge < -0.3 is 16.0 Å². The number of piperidine rings is 1. The van der Waals surface area contributed by atoms with Crippen molar-refractivity contribution in [2.24, 2.45) is 23.5 Å². The molecule has 0 aromatic heterocycles. The van der Waals surface area contributed by atoms with Crippen molar-refractivity contribution in [3.05, 3.63) is 0 Å². The van der Waals surface area contributed by atoms with Crippen LogP contribution in [0.25, 0.3) is 0 Å². The average molecular weight is 267 g/mol. The Labute approximate surface area is 117 Å². The summed E-state index contributed by atoms with van der Waals surface area (Å²) in [6.07, 6.45) is 7.02. The first-order valence-electron chi connectivity index (χ1n) is 7.87. The highest BCUT2D eigenvalue weighted by Crippen LogP contribution is 2.31. The molecule has 1 aliphatic heterocycles. The van der Waals surface area contributed by atoms with Crippen molar-refractivity contribution < 1.29 is 4.79 Å². The average Bonchev–Trinajstić information content (AvgIpc) is 2.89. The molecule has 0 radical (unpaired) electrons. The smallest absolute Gasteiger partial charge is 0.223 e. The van der Waals surface area contributed by atoms with Crippen molar-refractivity contribution in [2.75, 3.05) is 33.2 Å². The Balaban J connectivity index is 1.64. The minimum Gasteiger partial charge on any atom is -0.356 e. The Bertz CT molecular complexity index is 287. The van der Waals surface area contributed by atoms with Crippen molar-refractivity contribution in [1.29, 1.82) is 0 Å². The molecule has 1 amide bonds. The number of hydrogen-bond acceptors (Lipinski definition) is 3. The Morgan fingerprint density at radius 2 is 2.00 bits per heavy atom. The van der Waals surface area contributed by atoms with E-state index in [1.54, 1.807) is 0 Å². The predicted molar refractivity (Wildman–Crippen MR) is 77.7 cm³/mol. The summed E-state index contributed by atoms with van der Waals surface area (Å²) in [6.45, 7) is 3.92. The van der Waals surface area contributed by atoms with Crippen LogP contribution in [0.4, 0.5) is 0 Å². The van der Waals surface area contributed by atoms with Gasteiger partial charge in [0.1, 0.15) is 0 Å². The maximum Gasteiger partial charge on any atom is 0.223 e. The van der Waals surface area contributed by atoms with E-state index in [-0.39, 0.29) is 11.8 Å². The van der Waals surface area contributed by atoms with Crippen molar-refractivity contribution in [2.45, 2.75) is 38.5 Å². The quantitative estimate of drug-likeness (QED) is 0.787. The first-order chi connectivity index (χ1) is 9.20. The molecule has 1 saturated heterocycles. The molecule has 19 heavy (non-hydrogen) atoms. The first kappa shape index (κ1) is 14.8. The van der Waals surface area contributed by atoms with Gasteiger partial charge >= 0.3 is 0 Å². The van der Waals surface area contributed by atoms with Crippen molar-refractivity contribution in [3.8, 4) is 0 Å². The molecular weight excluding hydrogens is 238 g/mol. The monoisotopic (exact) mass is 267 g/mol. The number of nitrogens with two attached hydrogens (primary N) is 1. The molecule has 1 aliphatic carbocycles. The molecule has 4 heteroatoms. The van der Waals surface area contributed by atoms with Gasteiger partial charge in [0.15, 0.2) is 0 Å². The van der Waals surface area contributed by atoms with Crippen LogP contribution >= 0.6 is 0 Å². The second-order valence-electron chi connectivity index (χ2n) is 6.36. The zero-order valence-electron chi connectivity index (χ0n) is 12.2. The van der Waals surface area contributed by atoms with E-state index in [0.29, 0.717) is 12.5 Å². The Hall–Kier alpha value is -0.610. The van der Waals surface area contributed by atoms with E-state index < -0.39 is 0 Å². The number of likely N-dealkylation sites (tertiary alicyclic amines) is 1. The fourth-order valence-electron chi connectivity index (χ4n) is 3.55. The topological polar surface area (TPSA) is 58.4 Å². The highest BCUT2D eigenvalue weighted by molar-refractivity contribution is 5.79. The third-order valence-corrected chi connectivity index (χ3v) is 4.99.